The van der Waals surface area contributed by atoms with Crippen LogP contribution in [0.4, 0.5) is 0 Å². The van der Waals surface area contributed by atoms with Crippen LogP contribution >= 0.6 is 12.2 Å². The highest BCUT2D eigenvalue weighted by Gasteiger charge is 2.44. The van der Waals surface area contributed by atoms with Crippen LogP contribution < -0.4 is 0 Å². The molecular formula is C23H35N3O4S. The van der Waals surface area contributed by atoms with E-state index in [2.05, 4.69) is 6.58 Å². The molecule has 0 aromatic carbocycles. The van der Waals surface area contributed by atoms with Gasteiger partial charge in [-0.25, -0.2) is 0 Å². The molecule has 172 valence electrons. The van der Waals surface area contributed by atoms with E-state index in [0.717, 1.165) is 0 Å². The van der Waals surface area contributed by atoms with Crippen LogP contribution in [0.25, 0.3) is 0 Å². The second kappa shape index (κ2) is 10.1. The molecule has 0 spiro atoms. The largest absolute Gasteiger partial charge is 0.508 e. The van der Waals surface area contributed by atoms with Crippen molar-refractivity contribution in [3.8, 4) is 0 Å². The number of aliphatic hydroxyl groups is 1. The molecule has 1 saturated heterocycles. The highest BCUT2D eigenvalue weighted by atomic mass is 32.1. The predicted molar refractivity (Wildman–Crippen MR) is 127 cm³/mol. The summed E-state index contributed by atoms with van der Waals surface area (Å²) in [5.41, 5.74) is -0.313. The molecule has 0 radical (unpaired) electrons. The number of rotatable bonds is 7. The monoisotopic (exact) mass is 449 g/mol. The first-order valence-electron chi connectivity index (χ1n) is 10.1. The van der Waals surface area contributed by atoms with Crippen LogP contribution in [0.5, 0.6) is 0 Å². The quantitative estimate of drug-likeness (QED) is 0.211. The van der Waals surface area contributed by atoms with Crippen molar-refractivity contribution in [1.29, 1.82) is 0 Å². The number of aliphatic hydroxyl groups excluding tert-OH is 1. The van der Waals surface area contributed by atoms with Crippen LogP contribution in [0, 0.1) is 0 Å². The van der Waals surface area contributed by atoms with Gasteiger partial charge in [0.05, 0.1) is 6.54 Å². The van der Waals surface area contributed by atoms with Gasteiger partial charge >= 0.3 is 0 Å². The molecule has 8 heteroatoms. The Balaban J connectivity index is 2.96. The summed E-state index contributed by atoms with van der Waals surface area (Å²) in [5.74, 6) is -1.05. The van der Waals surface area contributed by atoms with E-state index in [1.54, 1.807) is 40.9 Å². The van der Waals surface area contributed by atoms with Gasteiger partial charge in [0.15, 0.2) is 5.05 Å². The zero-order chi connectivity index (χ0) is 24.1. The maximum atomic E-state index is 12.6. The Labute approximate surface area is 191 Å². The second-order valence-electron chi connectivity index (χ2n) is 8.99. The summed E-state index contributed by atoms with van der Waals surface area (Å²) < 4.78 is 5.52. The Morgan fingerprint density at radius 1 is 1.23 bits per heavy atom. The number of hydrogen-bond donors (Lipinski definition) is 1. The molecule has 0 saturated carbocycles. The molecule has 0 unspecified atom stereocenters. The van der Waals surface area contributed by atoms with E-state index in [1.165, 1.54) is 22.0 Å². The van der Waals surface area contributed by atoms with Gasteiger partial charge in [-0.3, -0.25) is 9.59 Å². The van der Waals surface area contributed by atoms with Crippen molar-refractivity contribution in [2.45, 2.75) is 52.7 Å². The molecule has 0 atom stereocenters. The lowest BCUT2D eigenvalue weighted by atomic mass is 10.0. The lowest BCUT2D eigenvalue weighted by Crippen LogP contribution is -2.63. The molecule has 1 N–H and O–H groups in total. The van der Waals surface area contributed by atoms with Crippen LogP contribution in [0.3, 0.4) is 0 Å². The van der Waals surface area contributed by atoms with Gasteiger partial charge in [0.2, 0.25) is 0 Å². The average molecular weight is 450 g/mol. The van der Waals surface area contributed by atoms with Crippen molar-refractivity contribution in [2.24, 2.45) is 0 Å². The molecule has 0 aliphatic carbocycles. The summed E-state index contributed by atoms with van der Waals surface area (Å²) in [4.78, 5) is 30.1. The number of ether oxygens (including phenoxy) is 1. The highest BCUT2D eigenvalue weighted by molar-refractivity contribution is 7.80. The topological polar surface area (TPSA) is 73.3 Å². The molecule has 1 fully saturated rings. The molecule has 1 heterocycles. The lowest BCUT2D eigenvalue weighted by molar-refractivity contribution is -0.155. The molecular weight excluding hydrogens is 414 g/mol. The molecule has 2 amide bonds. The number of carbonyl (C=O) groups excluding carboxylic acids is 2. The second-order valence-corrected chi connectivity index (χ2v) is 9.37. The van der Waals surface area contributed by atoms with E-state index >= 15 is 0 Å². The molecule has 1 aliphatic heterocycles. The summed E-state index contributed by atoms with van der Waals surface area (Å²) in [6, 6.07) is 0. The van der Waals surface area contributed by atoms with Crippen LogP contribution in [0.1, 0.15) is 41.5 Å². The van der Waals surface area contributed by atoms with E-state index in [1.807, 2.05) is 31.9 Å². The Hall–Kier alpha value is -2.61. The molecule has 31 heavy (non-hydrogen) atoms. The number of nitrogens with zero attached hydrogens (tertiary/aromatic N) is 3. The number of likely N-dealkylation sites (N-methyl/N-ethyl adjacent to an activating group) is 2. The number of allylic oxidation sites excluding steroid dienone is 3. The maximum absolute atomic E-state index is 12.6. The number of thiocarbonyl (C=S) groups is 1. The number of amides is 2. The highest BCUT2D eigenvalue weighted by Crippen LogP contribution is 2.27. The molecule has 0 aromatic rings. The van der Waals surface area contributed by atoms with E-state index in [-0.39, 0.29) is 16.9 Å². The van der Waals surface area contributed by atoms with Crippen molar-refractivity contribution in [1.82, 2.24) is 14.7 Å². The van der Waals surface area contributed by atoms with E-state index < -0.39 is 17.5 Å². The summed E-state index contributed by atoms with van der Waals surface area (Å²) >= 11 is 5.10. The minimum Gasteiger partial charge on any atom is -0.508 e. The van der Waals surface area contributed by atoms with Crippen LogP contribution in [-0.2, 0) is 14.3 Å². The fourth-order valence-corrected chi connectivity index (χ4v) is 2.82. The smallest absolute Gasteiger partial charge is 0.261 e. The predicted octanol–water partition coefficient (Wildman–Crippen LogP) is 3.56. The van der Waals surface area contributed by atoms with Crippen LogP contribution in [0.2, 0.25) is 0 Å². The van der Waals surface area contributed by atoms with Gasteiger partial charge in [-0.1, -0.05) is 6.58 Å². The molecule has 1 rings (SSSR count). The molecule has 0 aromatic heterocycles. The molecule has 1 aliphatic rings. The fraction of sp³-hybridized carbons (Fsp3) is 0.522. The third-order valence-electron chi connectivity index (χ3n) is 5.31. The normalized spacial score (nSPS) is 17.3. The van der Waals surface area contributed by atoms with Gasteiger partial charge in [-0.15, -0.1) is 0 Å². The van der Waals surface area contributed by atoms with Crippen LogP contribution in [0.15, 0.2) is 47.9 Å². The zero-order valence-corrected chi connectivity index (χ0v) is 20.7. The number of hydrogen-bond acceptors (Lipinski definition) is 6. The van der Waals surface area contributed by atoms with Crippen molar-refractivity contribution < 1.29 is 19.4 Å². The van der Waals surface area contributed by atoms with Gasteiger partial charge in [0, 0.05) is 19.6 Å². The molecule has 7 nitrogen and oxygen atoms in total. The lowest BCUT2D eigenvalue weighted by Gasteiger charge is -2.47. The Bertz CT molecular complexity index is 808. The zero-order valence-electron chi connectivity index (χ0n) is 19.9. The molecule has 0 bridgehead atoms. The van der Waals surface area contributed by atoms with Crippen LogP contribution in [-0.4, -0.2) is 75.1 Å². The SMILES string of the molecule is C=C(C)C(=S)OCCN(/C=C/C=C(\O)C=C1C(=O)N(C)C(C)(C)N(C)C1=O)C(C)(C)C. The third-order valence-corrected chi connectivity index (χ3v) is 5.78. The van der Waals surface area contributed by atoms with Crippen molar-refractivity contribution in [3.63, 3.8) is 0 Å². The first-order chi connectivity index (χ1) is 14.1. The third kappa shape index (κ3) is 6.69. The maximum Gasteiger partial charge on any atom is 0.261 e. The average Bonchev–Trinajstić information content (AvgIpc) is 2.66. The van der Waals surface area contributed by atoms with Gasteiger partial charge < -0.3 is 24.5 Å². The van der Waals surface area contributed by atoms with Crippen molar-refractivity contribution in [2.75, 3.05) is 27.2 Å². The summed E-state index contributed by atoms with van der Waals surface area (Å²) in [6.45, 7) is 16.2. The fourth-order valence-electron chi connectivity index (χ4n) is 2.73. The van der Waals surface area contributed by atoms with Crippen molar-refractivity contribution >= 4 is 29.1 Å². The minimum absolute atomic E-state index is 0.0825. The summed E-state index contributed by atoms with van der Waals surface area (Å²) in [6.07, 6.45) is 6.11. The summed E-state index contributed by atoms with van der Waals surface area (Å²) in [5, 5.41) is 10.7. The number of carbonyl (C=O) groups is 2. The van der Waals surface area contributed by atoms with Gasteiger partial charge in [-0.2, -0.15) is 0 Å². The minimum atomic E-state index is -0.744. The van der Waals surface area contributed by atoms with Crippen molar-refractivity contribution in [3.05, 3.63) is 47.9 Å². The first kappa shape index (κ1) is 26.4. The van der Waals surface area contributed by atoms with Gasteiger partial charge in [0.25, 0.3) is 11.8 Å². The van der Waals surface area contributed by atoms with E-state index in [4.69, 9.17) is 17.0 Å². The Kier molecular flexibility index (Phi) is 8.64. The van der Waals surface area contributed by atoms with Gasteiger partial charge in [0.1, 0.15) is 23.6 Å². The standard InChI is InChI=1S/C23H35N3O4S/c1-16(2)21(31)30-14-13-26(22(3,4)5)12-10-11-17(27)15-18-19(28)24(8)23(6,7)25(9)20(18)29/h10-12,15,27H,1,13-14H2,2-9H3/b12-10+,17-11-. The van der Waals surface area contributed by atoms with E-state index in [0.29, 0.717) is 23.8 Å². The Morgan fingerprint density at radius 2 is 1.74 bits per heavy atom. The van der Waals surface area contributed by atoms with Gasteiger partial charge in [-0.05, 0) is 83.8 Å². The first-order valence-corrected chi connectivity index (χ1v) is 10.5. The Morgan fingerprint density at radius 3 is 2.19 bits per heavy atom. The van der Waals surface area contributed by atoms with E-state index in [9.17, 15) is 14.7 Å². The summed E-state index contributed by atoms with van der Waals surface area (Å²) in [7, 11) is 3.26.